The smallest absolute Gasteiger partial charge is 0.282 e. The molecule has 30 heavy (non-hydrogen) atoms. The number of carbonyl (C=O) groups excluding carboxylic acids is 1. The Morgan fingerprint density at radius 1 is 0.833 bits per heavy atom. The first-order valence-electron chi connectivity index (χ1n) is 11.3. The number of carbonyl (C=O) groups is 1. The minimum absolute atomic E-state index is 0.114. The van der Waals surface area contributed by atoms with Gasteiger partial charge in [0.2, 0.25) is 5.91 Å². The lowest BCUT2D eigenvalue weighted by atomic mass is 9.85. The van der Waals surface area contributed by atoms with Crippen LogP contribution in [0.3, 0.4) is 0 Å². The van der Waals surface area contributed by atoms with E-state index in [9.17, 15) is 13.2 Å². The molecule has 0 aliphatic carbocycles. The molecule has 0 aromatic carbocycles. The highest BCUT2D eigenvalue weighted by Crippen LogP contribution is 2.34. The van der Waals surface area contributed by atoms with E-state index in [0.29, 0.717) is 65.3 Å². The van der Waals surface area contributed by atoms with Gasteiger partial charge in [-0.3, -0.25) is 4.79 Å². The Bertz CT molecular complexity index is 799. The Balaban J connectivity index is 1.40. The van der Waals surface area contributed by atoms with Gasteiger partial charge in [-0.2, -0.15) is 17.0 Å². The minimum Gasteiger partial charge on any atom is -0.381 e. The molecule has 0 N–H and O–H groups in total. The Morgan fingerprint density at radius 3 is 2.17 bits per heavy atom. The van der Waals surface area contributed by atoms with Crippen LogP contribution in [-0.2, 0) is 25.3 Å². The number of amides is 1. The Hall–Kier alpha value is -1.42. The first-order chi connectivity index (χ1) is 14.5. The van der Waals surface area contributed by atoms with Crippen LogP contribution in [-0.4, -0.2) is 84.9 Å². The van der Waals surface area contributed by atoms with E-state index in [1.807, 2.05) is 29.4 Å². The van der Waals surface area contributed by atoms with Crippen molar-refractivity contribution in [3.8, 4) is 0 Å². The maximum Gasteiger partial charge on any atom is 0.282 e. The molecule has 1 aromatic heterocycles. The van der Waals surface area contributed by atoms with Crippen molar-refractivity contribution in [3.63, 3.8) is 0 Å². The summed E-state index contributed by atoms with van der Waals surface area (Å²) in [4.78, 5) is 15.1. The standard InChI is InChI=1S/C21H34N4O4S/c26-20(19-21(7-17-29-18-8-21)23-10-4-5-11-23)22-9-6-14-25(16-15-22)30(27,28)24-12-2-1-3-13-24/h4-5,10-11H,1-3,6-9,12-19H2. The molecule has 3 aliphatic heterocycles. The van der Waals surface area contributed by atoms with Crippen LogP contribution in [0.2, 0.25) is 0 Å². The molecule has 3 aliphatic rings. The van der Waals surface area contributed by atoms with E-state index in [-0.39, 0.29) is 11.4 Å². The van der Waals surface area contributed by atoms with Crippen LogP contribution in [0.25, 0.3) is 0 Å². The highest BCUT2D eigenvalue weighted by atomic mass is 32.2. The van der Waals surface area contributed by atoms with Gasteiger partial charge in [-0.15, -0.1) is 0 Å². The molecule has 3 fully saturated rings. The minimum atomic E-state index is -3.42. The SMILES string of the molecule is O=C(CC1(n2cccc2)CCOCC1)N1CCCN(S(=O)(=O)N2CCCCC2)CC1. The molecular formula is C21H34N4O4S. The highest BCUT2D eigenvalue weighted by molar-refractivity contribution is 7.86. The summed E-state index contributed by atoms with van der Waals surface area (Å²) in [6.07, 6.45) is 9.78. The second kappa shape index (κ2) is 9.38. The van der Waals surface area contributed by atoms with Gasteiger partial charge in [0.25, 0.3) is 10.2 Å². The number of piperidine rings is 1. The van der Waals surface area contributed by atoms with Crippen molar-refractivity contribution >= 4 is 16.1 Å². The molecule has 4 heterocycles. The van der Waals surface area contributed by atoms with E-state index in [1.165, 1.54) is 0 Å². The summed E-state index contributed by atoms with van der Waals surface area (Å²) >= 11 is 0. The zero-order valence-electron chi connectivity index (χ0n) is 17.7. The second-order valence-corrected chi connectivity index (χ2v) is 10.6. The molecule has 168 valence electrons. The first kappa shape index (κ1) is 21.8. The lowest BCUT2D eigenvalue weighted by Gasteiger charge is -2.39. The van der Waals surface area contributed by atoms with Crippen molar-refractivity contribution in [1.82, 2.24) is 18.1 Å². The third-order valence-electron chi connectivity index (χ3n) is 6.83. The lowest BCUT2D eigenvalue weighted by molar-refractivity contribution is -0.134. The van der Waals surface area contributed by atoms with Gasteiger partial charge in [0.1, 0.15) is 0 Å². The lowest BCUT2D eigenvalue weighted by Crippen LogP contribution is -2.48. The van der Waals surface area contributed by atoms with Crippen LogP contribution in [0.4, 0.5) is 0 Å². The van der Waals surface area contributed by atoms with Gasteiger partial charge in [0.05, 0.1) is 12.0 Å². The number of ether oxygens (including phenoxy) is 1. The molecule has 4 rings (SSSR count). The van der Waals surface area contributed by atoms with Gasteiger partial charge in [0, 0.05) is 64.9 Å². The molecule has 9 heteroatoms. The molecule has 0 unspecified atom stereocenters. The van der Waals surface area contributed by atoms with E-state index < -0.39 is 10.2 Å². The molecule has 0 bridgehead atoms. The molecular weight excluding hydrogens is 404 g/mol. The molecule has 0 atom stereocenters. The fraction of sp³-hybridized carbons (Fsp3) is 0.762. The Labute approximate surface area is 179 Å². The zero-order chi connectivity index (χ0) is 21.0. The van der Waals surface area contributed by atoms with Crippen molar-refractivity contribution in [2.75, 3.05) is 52.5 Å². The van der Waals surface area contributed by atoms with Crippen molar-refractivity contribution < 1.29 is 17.9 Å². The van der Waals surface area contributed by atoms with Crippen LogP contribution in [0.5, 0.6) is 0 Å². The summed E-state index contributed by atoms with van der Waals surface area (Å²) in [6, 6.07) is 3.99. The fourth-order valence-electron chi connectivity index (χ4n) is 4.95. The van der Waals surface area contributed by atoms with E-state index in [1.54, 1.807) is 8.61 Å². The molecule has 0 saturated carbocycles. The number of hydrogen-bond donors (Lipinski definition) is 0. The largest absolute Gasteiger partial charge is 0.381 e. The van der Waals surface area contributed by atoms with E-state index in [2.05, 4.69) is 4.57 Å². The van der Waals surface area contributed by atoms with Crippen LogP contribution in [0, 0.1) is 0 Å². The van der Waals surface area contributed by atoms with Crippen LogP contribution in [0.15, 0.2) is 24.5 Å². The van der Waals surface area contributed by atoms with Gasteiger partial charge >= 0.3 is 0 Å². The third kappa shape index (κ3) is 4.59. The third-order valence-corrected chi connectivity index (χ3v) is 8.87. The quantitative estimate of drug-likeness (QED) is 0.701. The van der Waals surface area contributed by atoms with Gasteiger partial charge in [-0.25, -0.2) is 0 Å². The van der Waals surface area contributed by atoms with Crippen molar-refractivity contribution in [1.29, 1.82) is 0 Å². The summed E-state index contributed by atoms with van der Waals surface area (Å²) in [5.41, 5.74) is -0.245. The molecule has 0 spiro atoms. The number of aromatic nitrogens is 1. The van der Waals surface area contributed by atoms with Gasteiger partial charge in [0.15, 0.2) is 0 Å². The van der Waals surface area contributed by atoms with Crippen molar-refractivity contribution in [2.24, 2.45) is 0 Å². The molecule has 3 saturated heterocycles. The number of hydrogen-bond acceptors (Lipinski definition) is 4. The molecule has 1 aromatic rings. The van der Waals surface area contributed by atoms with Crippen molar-refractivity contribution in [2.45, 2.75) is 50.5 Å². The Kier molecular flexibility index (Phi) is 6.81. The molecule has 0 radical (unpaired) electrons. The van der Waals surface area contributed by atoms with Gasteiger partial charge in [-0.1, -0.05) is 6.42 Å². The summed E-state index contributed by atoms with van der Waals surface area (Å²) in [5.74, 6) is 0.114. The average Bonchev–Trinajstić information content (AvgIpc) is 3.20. The molecule has 8 nitrogen and oxygen atoms in total. The zero-order valence-corrected chi connectivity index (χ0v) is 18.6. The van der Waals surface area contributed by atoms with Gasteiger partial charge in [-0.05, 0) is 44.2 Å². The monoisotopic (exact) mass is 438 g/mol. The molecule has 1 amide bonds. The topological polar surface area (TPSA) is 75.1 Å². The average molecular weight is 439 g/mol. The maximum absolute atomic E-state index is 13.3. The van der Waals surface area contributed by atoms with Crippen molar-refractivity contribution in [3.05, 3.63) is 24.5 Å². The summed E-state index contributed by atoms with van der Waals surface area (Å²) in [7, 11) is -3.42. The second-order valence-electron chi connectivity index (χ2n) is 8.70. The number of rotatable bonds is 5. The Morgan fingerprint density at radius 2 is 1.47 bits per heavy atom. The van der Waals surface area contributed by atoms with Crippen LogP contribution in [0.1, 0.15) is 44.9 Å². The summed E-state index contributed by atoms with van der Waals surface area (Å²) in [5, 5.41) is 0. The van der Waals surface area contributed by atoms with E-state index in [4.69, 9.17) is 4.74 Å². The summed E-state index contributed by atoms with van der Waals surface area (Å²) < 4.78 is 37.0. The van der Waals surface area contributed by atoms with Gasteiger partial charge < -0.3 is 14.2 Å². The fourth-order valence-corrected chi connectivity index (χ4v) is 6.67. The van der Waals surface area contributed by atoms with Crippen LogP contribution < -0.4 is 0 Å². The predicted octanol–water partition coefficient (Wildman–Crippen LogP) is 1.65. The predicted molar refractivity (Wildman–Crippen MR) is 114 cm³/mol. The van der Waals surface area contributed by atoms with Crippen LogP contribution >= 0.6 is 0 Å². The maximum atomic E-state index is 13.3. The number of nitrogens with zero attached hydrogens (tertiary/aromatic N) is 4. The summed E-state index contributed by atoms with van der Waals surface area (Å²) in [6.45, 7) is 4.49. The first-order valence-corrected chi connectivity index (χ1v) is 12.7. The normalized spacial score (nSPS) is 24.5. The highest BCUT2D eigenvalue weighted by Gasteiger charge is 2.38. The van der Waals surface area contributed by atoms with E-state index in [0.717, 1.165) is 32.1 Å². The van der Waals surface area contributed by atoms with E-state index >= 15 is 0 Å².